The largest absolute Gasteiger partial charge is 0.460 e. The van der Waals surface area contributed by atoms with Gasteiger partial charge in [-0.05, 0) is 63.7 Å². The zero-order valence-electron chi connectivity index (χ0n) is 12.3. The first-order valence-electron chi connectivity index (χ1n) is 7.43. The molecule has 0 heterocycles. The summed E-state index contributed by atoms with van der Waals surface area (Å²) in [6, 6.07) is 0. The van der Waals surface area contributed by atoms with Crippen LogP contribution in [0.25, 0.3) is 0 Å². The van der Waals surface area contributed by atoms with Gasteiger partial charge in [-0.2, -0.15) is 0 Å². The van der Waals surface area contributed by atoms with Crippen LogP contribution >= 0.6 is 0 Å². The van der Waals surface area contributed by atoms with E-state index in [1.165, 1.54) is 12.0 Å². The smallest absolute Gasteiger partial charge is 0.306 e. The lowest BCUT2D eigenvalue weighted by Gasteiger charge is -2.28. The Bertz CT molecular complexity index is 452. The van der Waals surface area contributed by atoms with Crippen LogP contribution in [0.4, 0.5) is 0 Å². The van der Waals surface area contributed by atoms with Crippen molar-refractivity contribution in [1.82, 2.24) is 0 Å². The van der Waals surface area contributed by atoms with E-state index in [4.69, 9.17) is 4.74 Å². The molecule has 1 fully saturated rings. The molecule has 2 heteroatoms. The Morgan fingerprint density at radius 1 is 1.32 bits per heavy atom. The summed E-state index contributed by atoms with van der Waals surface area (Å²) in [6.07, 6.45) is 8.95. The second-order valence-corrected chi connectivity index (χ2v) is 7.42. The van der Waals surface area contributed by atoms with Gasteiger partial charge in [-0.1, -0.05) is 23.8 Å². The van der Waals surface area contributed by atoms with E-state index >= 15 is 0 Å². The Morgan fingerprint density at radius 3 is 2.68 bits per heavy atom. The molecule has 0 unspecified atom stereocenters. The van der Waals surface area contributed by atoms with Gasteiger partial charge in [-0.3, -0.25) is 4.79 Å². The molecule has 1 saturated carbocycles. The molecule has 0 N–H and O–H groups in total. The molecular formula is C17H24O2. The quantitative estimate of drug-likeness (QED) is 0.558. The molecule has 0 aromatic heterocycles. The van der Waals surface area contributed by atoms with E-state index in [0.29, 0.717) is 30.1 Å². The fraction of sp³-hybridized carbons (Fsp3) is 0.706. The highest BCUT2D eigenvalue weighted by Gasteiger charge is 2.51. The van der Waals surface area contributed by atoms with Crippen molar-refractivity contribution in [3.63, 3.8) is 0 Å². The minimum absolute atomic E-state index is 0.0473. The Kier molecular flexibility index (Phi) is 2.88. The number of rotatable bonds is 2. The lowest BCUT2D eigenvalue weighted by atomic mass is 9.78. The normalized spacial score (nSPS) is 39.4. The van der Waals surface area contributed by atoms with Crippen molar-refractivity contribution in [1.29, 1.82) is 0 Å². The standard InChI is InChI=1S/C17H24O2/c1-10-7-13(9-14(18)19-17(2,3)4)16-12-6-5-11(8-12)15(10)16/h5-7,11-13,15-16H,8-9H2,1-4H3/t11-,12+,13+,15+,16+/m1/s1. The molecule has 2 bridgehead atoms. The van der Waals surface area contributed by atoms with Crippen molar-refractivity contribution >= 4 is 5.97 Å². The third-order valence-corrected chi connectivity index (χ3v) is 4.84. The predicted molar refractivity (Wildman–Crippen MR) is 75.4 cm³/mol. The highest BCUT2D eigenvalue weighted by Crippen LogP contribution is 2.58. The lowest BCUT2D eigenvalue weighted by molar-refractivity contribution is -0.156. The maximum absolute atomic E-state index is 12.0. The van der Waals surface area contributed by atoms with Gasteiger partial charge in [0.1, 0.15) is 5.60 Å². The molecule has 3 rings (SSSR count). The fourth-order valence-corrected chi connectivity index (χ4v) is 4.42. The number of allylic oxidation sites excluding steroid dienone is 4. The van der Waals surface area contributed by atoms with Gasteiger partial charge in [0.25, 0.3) is 0 Å². The molecular weight excluding hydrogens is 236 g/mol. The second kappa shape index (κ2) is 4.22. The van der Waals surface area contributed by atoms with Crippen molar-refractivity contribution in [2.45, 2.75) is 46.1 Å². The van der Waals surface area contributed by atoms with Crippen LogP contribution in [0.15, 0.2) is 23.8 Å². The first-order chi connectivity index (χ1) is 8.85. The van der Waals surface area contributed by atoms with E-state index in [9.17, 15) is 4.79 Å². The Balaban J connectivity index is 1.70. The average Bonchev–Trinajstić information content (AvgIpc) is 2.89. The average molecular weight is 260 g/mol. The molecule has 104 valence electrons. The van der Waals surface area contributed by atoms with Gasteiger partial charge in [0.05, 0.1) is 6.42 Å². The first-order valence-corrected chi connectivity index (χ1v) is 7.43. The first kappa shape index (κ1) is 13.0. The van der Waals surface area contributed by atoms with Crippen LogP contribution < -0.4 is 0 Å². The number of esters is 1. The molecule has 0 radical (unpaired) electrons. The summed E-state index contributed by atoms with van der Waals surface area (Å²) < 4.78 is 5.48. The maximum Gasteiger partial charge on any atom is 0.306 e. The predicted octanol–water partition coefficient (Wildman–Crippen LogP) is 3.73. The maximum atomic E-state index is 12.0. The van der Waals surface area contributed by atoms with Crippen molar-refractivity contribution < 1.29 is 9.53 Å². The topological polar surface area (TPSA) is 26.3 Å². The van der Waals surface area contributed by atoms with Crippen molar-refractivity contribution in [3.05, 3.63) is 23.8 Å². The number of carbonyl (C=O) groups excluding carboxylic acids is 1. The minimum atomic E-state index is -0.373. The fourth-order valence-electron chi connectivity index (χ4n) is 4.42. The van der Waals surface area contributed by atoms with Gasteiger partial charge in [-0.25, -0.2) is 0 Å². The van der Waals surface area contributed by atoms with Crippen LogP contribution in [0.2, 0.25) is 0 Å². The Labute approximate surface area is 115 Å². The van der Waals surface area contributed by atoms with Crippen molar-refractivity contribution in [2.24, 2.45) is 29.6 Å². The lowest BCUT2D eigenvalue weighted by Crippen LogP contribution is -2.28. The number of carbonyl (C=O) groups is 1. The van der Waals surface area contributed by atoms with Gasteiger partial charge >= 0.3 is 5.97 Å². The molecule has 0 spiro atoms. The Hall–Kier alpha value is -1.05. The molecule has 19 heavy (non-hydrogen) atoms. The number of hydrogen-bond acceptors (Lipinski definition) is 2. The van der Waals surface area contributed by atoms with Crippen LogP contribution in [-0.2, 0) is 9.53 Å². The highest BCUT2D eigenvalue weighted by molar-refractivity contribution is 5.70. The third-order valence-electron chi connectivity index (χ3n) is 4.84. The minimum Gasteiger partial charge on any atom is -0.460 e. The zero-order chi connectivity index (χ0) is 13.8. The molecule has 0 amide bonds. The molecule has 3 aliphatic carbocycles. The number of ether oxygens (including phenoxy) is 1. The molecule has 0 aliphatic heterocycles. The van der Waals surface area contributed by atoms with E-state index in [1.54, 1.807) is 0 Å². The van der Waals surface area contributed by atoms with E-state index in [2.05, 4.69) is 25.2 Å². The van der Waals surface area contributed by atoms with Crippen molar-refractivity contribution in [2.75, 3.05) is 0 Å². The van der Waals surface area contributed by atoms with E-state index in [1.807, 2.05) is 20.8 Å². The molecule has 2 nitrogen and oxygen atoms in total. The van der Waals surface area contributed by atoms with Gasteiger partial charge in [0, 0.05) is 0 Å². The van der Waals surface area contributed by atoms with Crippen LogP contribution in [0.3, 0.4) is 0 Å². The van der Waals surface area contributed by atoms with Crippen LogP contribution in [0.1, 0.15) is 40.5 Å². The summed E-state index contributed by atoms with van der Waals surface area (Å²) in [5.74, 6) is 3.12. The summed E-state index contributed by atoms with van der Waals surface area (Å²) in [5.41, 5.74) is 1.12. The summed E-state index contributed by atoms with van der Waals surface area (Å²) in [4.78, 5) is 12.0. The second-order valence-electron chi connectivity index (χ2n) is 7.42. The molecule has 0 aromatic rings. The van der Waals surface area contributed by atoms with E-state index in [0.717, 1.165) is 5.92 Å². The SMILES string of the molecule is CC1=C[C@@H](CC(=O)OC(C)(C)C)[C@H]2[C@@H]1[C@@H]1C=C[C@H]2C1. The van der Waals surface area contributed by atoms with Crippen LogP contribution in [-0.4, -0.2) is 11.6 Å². The summed E-state index contributed by atoms with van der Waals surface area (Å²) in [6.45, 7) is 8.04. The van der Waals surface area contributed by atoms with Crippen LogP contribution in [0, 0.1) is 29.6 Å². The molecule has 3 aliphatic rings. The van der Waals surface area contributed by atoms with Gasteiger partial charge < -0.3 is 4.74 Å². The highest BCUT2D eigenvalue weighted by atomic mass is 16.6. The Morgan fingerprint density at radius 2 is 2.00 bits per heavy atom. The molecule has 5 atom stereocenters. The zero-order valence-corrected chi connectivity index (χ0v) is 12.3. The number of hydrogen-bond donors (Lipinski definition) is 0. The third kappa shape index (κ3) is 2.26. The number of fused-ring (bicyclic) bond motifs is 5. The van der Waals surface area contributed by atoms with E-state index < -0.39 is 0 Å². The molecule has 0 saturated heterocycles. The summed E-state index contributed by atoms with van der Waals surface area (Å²) in [5, 5.41) is 0. The van der Waals surface area contributed by atoms with Gasteiger partial charge in [-0.15, -0.1) is 0 Å². The van der Waals surface area contributed by atoms with Gasteiger partial charge in [0.2, 0.25) is 0 Å². The summed E-state index contributed by atoms with van der Waals surface area (Å²) in [7, 11) is 0. The monoisotopic (exact) mass is 260 g/mol. The van der Waals surface area contributed by atoms with Gasteiger partial charge in [0.15, 0.2) is 0 Å². The van der Waals surface area contributed by atoms with Crippen LogP contribution in [0.5, 0.6) is 0 Å². The summed E-state index contributed by atoms with van der Waals surface area (Å²) >= 11 is 0. The van der Waals surface area contributed by atoms with Crippen molar-refractivity contribution in [3.8, 4) is 0 Å². The molecule has 0 aromatic carbocycles. The van der Waals surface area contributed by atoms with E-state index in [-0.39, 0.29) is 11.6 Å².